The van der Waals surface area contributed by atoms with Gasteiger partial charge in [0.25, 0.3) is 0 Å². The molecule has 4 aromatic heterocycles. The molecule has 4 heterocycles. The maximum atomic E-state index is 6.88. The summed E-state index contributed by atoms with van der Waals surface area (Å²) >= 11 is 0. The number of benzene rings is 8. The lowest BCUT2D eigenvalue weighted by Crippen LogP contribution is -2.00. The topological polar surface area (TPSA) is 65.2 Å². The molecule has 12 aromatic rings. The van der Waals surface area contributed by atoms with Gasteiger partial charge >= 0.3 is 0 Å². The highest BCUT2D eigenvalue weighted by atomic mass is 16.3. The van der Waals surface area contributed by atoms with E-state index in [1.807, 2.05) is 60.7 Å². The van der Waals surface area contributed by atoms with Crippen LogP contribution in [0.1, 0.15) is 5.56 Å². The van der Waals surface area contributed by atoms with Crippen molar-refractivity contribution in [3.63, 3.8) is 0 Å². The van der Waals surface area contributed by atoms with E-state index in [0.717, 1.165) is 122 Å². The molecule has 0 amide bonds. The van der Waals surface area contributed by atoms with Gasteiger partial charge in [0.1, 0.15) is 33.5 Å². The summed E-state index contributed by atoms with van der Waals surface area (Å²) in [5, 5.41) is 6.45. The van der Waals surface area contributed by atoms with Gasteiger partial charge in [-0.25, -0.2) is 9.97 Å². The van der Waals surface area contributed by atoms with Crippen molar-refractivity contribution in [2.24, 2.45) is 0 Å². The highest BCUT2D eigenvalue weighted by molar-refractivity contribution is 6.15. The quantitative estimate of drug-likeness (QED) is 0.176. The van der Waals surface area contributed by atoms with E-state index in [0.29, 0.717) is 5.82 Å². The standard InChI is InChI=1S/C53H32N2O3/c1-31-50(32-13-4-2-5-14-32)54-53(33-15-6-3-7-16-33)55-51(31)42-20-12-19-40-39-25-23-34(28-47(39)58-52(40)42)36-27-43(49-41-18-9-11-22-45(41)57-48(49)30-36)35-24-26-38-37-17-8-10-21-44(37)56-46(38)29-35/h2-30H,1H3. The summed E-state index contributed by atoms with van der Waals surface area (Å²) in [5.74, 6) is 0.673. The molecule has 0 bridgehead atoms. The van der Waals surface area contributed by atoms with E-state index in [9.17, 15) is 0 Å². The van der Waals surface area contributed by atoms with Crippen LogP contribution in [0.5, 0.6) is 0 Å². The Morgan fingerprint density at radius 1 is 0.345 bits per heavy atom. The van der Waals surface area contributed by atoms with Crippen LogP contribution in [0.15, 0.2) is 189 Å². The molecule has 0 aliphatic rings. The van der Waals surface area contributed by atoms with E-state index in [-0.39, 0.29) is 0 Å². The van der Waals surface area contributed by atoms with Gasteiger partial charge < -0.3 is 13.3 Å². The van der Waals surface area contributed by atoms with Crippen LogP contribution in [-0.2, 0) is 0 Å². The number of hydrogen-bond donors (Lipinski definition) is 0. The molecule has 12 rings (SSSR count). The molecule has 0 unspecified atom stereocenters. The number of para-hydroxylation sites is 3. The Labute approximate surface area is 332 Å². The van der Waals surface area contributed by atoms with Gasteiger partial charge in [-0.2, -0.15) is 0 Å². The molecule has 58 heavy (non-hydrogen) atoms. The maximum absolute atomic E-state index is 6.88. The lowest BCUT2D eigenvalue weighted by Gasteiger charge is -2.14. The molecular weight excluding hydrogens is 713 g/mol. The lowest BCUT2D eigenvalue weighted by atomic mass is 9.93. The normalized spacial score (nSPS) is 11.9. The smallest absolute Gasteiger partial charge is 0.160 e. The van der Waals surface area contributed by atoms with Crippen LogP contribution in [0.2, 0.25) is 0 Å². The zero-order valence-corrected chi connectivity index (χ0v) is 31.4. The fourth-order valence-electron chi connectivity index (χ4n) is 8.68. The number of aromatic nitrogens is 2. The summed E-state index contributed by atoms with van der Waals surface area (Å²) in [4.78, 5) is 10.3. The number of hydrogen-bond acceptors (Lipinski definition) is 5. The second-order valence-electron chi connectivity index (χ2n) is 14.9. The van der Waals surface area contributed by atoms with Gasteiger partial charge in [0, 0.05) is 54.6 Å². The Balaban J connectivity index is 1.04. The monoisotopic (exact) mass is 744 g/mol. The minimum atomic E-state index is 0.673. The fourth-order valence-corrected chi connectivity index (χ4v) is 8.68. The molecule has 0 fully saturated rings. The van der Waals surface area contributed by atoms with Gasteiger partial charge in [0.05, 0.1) is 11.4 Å². The first-order valence-electron chi connectivity index (χ1n) is 19.5. The molecule has 0 N–H and O–H groups in total. The molecular formula is C53H32N2O3. The maximum Gasteiger partial charge on any atom is 0.160 e. The van der Waals surface area contributed by atoms with Gasteiger partial charge in [0.15, 0.2) is 5.82 Å². The Hall–Kier alpha value is -7.76. The van der Waals surface area contributed by atoms with Crippen molar-refractivity contribution in [3.8, 4) is 56.2 Å². The zero-order chi connectivity index (χ0) is 38.3. The molecule has 0 radical (unpaired) electrons. The predicted molar refractivity (Wildman–Crippen MR) is 236 cm³/mol. The average molecular weight is 745 g/mol. The first-order chi connectivity index (χ1) is 28.6. The van der Waals surface area contributed by atoms with E-state index < -0.39 is 0 Å². The van der Waals surface area contributed by atoms with Crippen LogP contribution >= 0.6 is 0 Å². The summed E-state index contributed by atoms with van der Waals surface area (Å²) in [6.07, 6.45) is 0. The van der Waals surface area contributed by atoms with Crippen molar-refractivity contribution in [3.05, 3.63) is 181 Å². The minimum Gasteiger partial charge on any atom is -0.456 e. The van der Waals surface area contributed by atoms with Gasteiger partial charge in [0.2, 0.25) is 0 Å². The molecule has 0 aliphatic carbocycles. The molecule has 0 saturated carbocycles. The Kier molecular flexibility index (Phi) is 7.07. The number of nitrogens with zero attached hydrogens (tertiary/aromatic N) is 2. The third kappa shape index (κ3) is 5.03. The van der Waals surface area contributed by atoms with E-state index >= 15 is 0 Å². The molecule has 8 aromatic carbocycles. The van der Waals surface area contributed by atoms with E-state index in [1.54, 1.807) is 0 Å². The SMILES string of the molecule is Cc1c(-c2ccccc2)nc(-c2ccccc2)nc1-c1cccc2c1oc1cc(-c3cc(-c4ccc5c(c4)oc4ccccc45)c4c(c3)oc3ccccc34)ccc12. The van der Waals surface area contributed by atoms with Crippen molar-refractivity contribution in [2.75, 3.05) is 0 Å². The van der Waals surface area contributed by atoms with E-state index in [1.165, 1.54) is 0 Å². The number of fused-ring (bicyclic) bond motifs is 9. The summed E-state index contributed by atoms with van der Waals surface area (Å²) in [5.41, 5.74) is 14.9. The third-order valence-electron chi connectivity index (χ3n) is 11.5. The zero-order valence-electron chi connectivity index (χ0n) is 31.4. The van der Waals surface area contributed by atoms with Crippen LogP contribution in [-0.4, -0.2) is 9.97 Å². The molecule has 0 aliphatic heterocycles. The fraction of sp³-hybridized carbons (Fsp3) is 0.0189. The van der Waals surface area contributed by atoms with Crippen molar-refractivity contribution >= 4 is 65.8 Å². The van der Waals surface area contributed by atoms with Gasteiger partial charge in [-0.3, -0.25) is 0 Å². The van der Waals surface area contributed by atoms with Crippen molar-refractivity contribution in [1.82, 2.24) is 9.97 Å². The first kappa shape index (κ1) is 32.5. The Bertz CT molecular complexity index is 3580. The molecule has 0 spiro atoms. The molecule has 272 valence electrons. The van der Waals surface area contributed by atoms with Crippen molar-refractivity contribution in [2.45, 2.75) is 6.92 Å². The average Bonchev–Trinajstić information content (AvgIpc) is 3.97. The first-order valence-corrected chi connectivity index (χ1v) is 19.5. The third-order valence-corrected chi connectivity index (χ3v) is 11.5. The largest absolute Gasteiger partial charge is 0.456 e. The Morgan fingerprint density at radius 2 is 0.914 bits per heavy atom. The predicted octanol–water partition coefficient (Wildman–Crippen LogP) is 14.8. The van der Waals surface area contributed by atoms with Crippen LogP contribution in [0.3, 0.4) is 0 Å². The summed E-state index contributed by atoms with van der Waals surface area (Å²) in [7, 11) is 0. The van der Waals surface area contributed by atoms with Crippen molar-refractivity contribution < 1.29 is 13.3 Å². The van der Waals surface area contributed by atoms with Crippen LogP contribution in [0.4, 0.5) is 0 Å². The van der Waals surface area contributed by atoms with Crippen LogP contribution in [0.25, 0.3) is 122 Å². The lowest BCUT2D eigenvalue weighted by molar-refractivity contribution is 0.668. The van der Waals surface area contributed by atoms with E-state index in [4.69, 9.17) is 23.2 Å². The second kappa shape index (κ2) is 12.6. The highest BCUT2D eigenvalue weighted by Gasteiger charge is 2.21. The summed E-state index contributed by atoms with van der Waals surface area (Å²) in [6, 6.07) is 60.7. The van der Waals surface area contributed by atoms with Crippen LogP contribution in [0, 0.1) is 6.92 Å². The minimum absolute atomic E-state index is 0.673. The molecule has 0 atom stereocenters. The van der Waals surface area contributed by atoms with Crippen LogP contribution < -0.4 is 0 Å². The van der Waals surface area contributed by atoms with Gasteiger partial charge in [-0.15, -0.1) is 0 Å². The van der Waals surface area contributed by atoms with E-state index in [2.05, 4.69) is 122 Å². The van der Waals surface area contributed by atoms with Crippen molar-refractivity contribution in [1.29, 1.82) is 0 Å². The highest BCUT2D eigenvalue weighted by Crippen LogP contribution is 2.44. The van der Waals surface area contributed by atoms with Gasteiger partial charge in [-0.05, 0) is 83.8 Å². The molecule has 0 saturated heterocycles. The number of furan rings is 3. The number of rotatable bonds is 5. The molecule has 5 heteroatoms. The summed E-state index contributed by atoms with van der Waals surface area (Å²) < 4.78 is 19.8. The summed E-state index contributed by atoms with van der Waals surface area (Å²) in [6.45, 7) is 2.10. The molecule has 5 nitrogen and oxygen atoms in total. The Morgan fingerprint density at radius 3 is 1.72 bits per heavy atom. The second-order valence-corrected chi connectivity index (χ2v) is 14.9. The van der Waals surface area contributed by atoms with Gasteiger partial charge in [-0.1, -0.05) is 121 Å².